The maximum atomic E-state index is 4.80. The fourth-order valence-electron chi connectivity index (χ4n) is 10.4. The Hall–Kier alpha value is -4.08. The largest absolute Gasteiger partial charge is 0.173 e. The Kier molecular flexibility index (Phi) is 11.2. The number of aromatic nitrogens is 2. The van der Waals surface area contributed by atoms with Crippen molar-refractivity contribution in [2.75, 3.05) is 0 Å². The molecule has 0 bridgehead atoms. The second-order valence-electron chi connectivity index (χ2n) is 17.7. The quantitative estimate of drug-likeness (QED) is 0.0769. The molecule has 0 saturated heterocycles. The maximum Gasteiger partial charge on any atom is 0.112 e. The van der Waals surface area contributed by atoms with Crippen molar-refractivity contribution in [3.8, 4) is 22.3 Å². The average Bonchev–Trinajstić information content (AvgIpc) is 3.78. The van der Waals surface area contributed by atoms with E-state index in [2.05, 4.69) is 103 Å². The number of nitrogens with zero attached hydrogens (tertiary/aromatic N) is 2. The summed E-state index contributed by atoms with van der Waals surface area (Å²) in [5.41, 5.74) is 22.8. The zero-order valence-electron chi connectivity index (χ0n) is 34.0. The third-order valence-corrected chi connectivity index (χ3v) is 14.5. The molecule has 6 aromatic rings. The molecule has 1 heterocycles. The van der Waals surface area contributed by atoms with E-state index >= 15 is 0 Å². The SMILES string of the molecule is Cc1ccc2c(c1)C(CCCCCCCCc1ccc3c(c1)CC3)(CCCCCCCCc1ccc3c(c1)CC3)c1cc(-c3ccc(C)c4nsnc34)ccc1-2. The smallest absolute Gasteiger partial charge is 0.112 e. The molecule has 3 aliphatic rings. The first kappa shape index (κ1) is 37.5. The van der Waals surface area contributed by atoms with Crippen molar-refractivity contribution in [3.63, 3.8) is 0 Å². The predicted molar refractivity (Wildman–Crippen MR) is 238 cm³/mol. The number of fused-ring (bicyclic) bond motifs is 6. The molecular weight excluding hydrogens is 697 g/mol. The third kappa shape index (κ3) is 7.66. The normalized spacial score (nSPS) is 14.5. The molecular formula is C53H60N2S. The molecule has 3 aliphatic carbocycles. The monoisotopic (exact) mass is 756 g/mol. The predicted octanol–water partition coefficient (Wildman–Crippen LogP) is 14.4. The first-order valence-corrected chi connectivity index (χ1v) is 23.0. The summed E-state index contributed by atoms with van der Waals surface area (Å²) in [4.78, 5) is 0. The fraction of sp³-hybridized carbons (Fsp3) is 0.434. The van der Waals surface area contributed by atoms with Gasteiger partial charge in [0.05, 0.1) is 11.7 Å². The summed E-state index contributed by atoms with van der Waals surface area (Å²) < 4.78 is 9.48. The van der Waals surface area contributed by atoms with Gasteiger partial charge in [0.1, 0.15) is 11.0 Å². The molecule has 0 unspecified atom stereocenters. The highest BCUT2D eigenvalue weighted by molar-refractivity contribution is 7.00. The summed E-state index contributed by atoms with van der Waals surface area (Å²) in [5.74, 6) is 0. The van der Waals surface area contributed by atoms with Gasteiger partial charge in [-0.25, -0.2) is 0 Å². The standard InChI is InChI=1S/C53H60N2S/c1-37-17-28-47-48-30-27-45(46-29-18-38(2)51-52(46)55-56-54-51)36-50(48)53(49(47)33-37,31-13-9-5-3-7-11-15-39-19-21-41-23-25-43(41)34-39)32-14-10-6-4-8-12-16-40-20-22-42-24-26-44(42)35-40/h17-22,27-30,33-36H,3-16,23-26,31-32H2,1-2H3. The lowest BCUT2D eigenvalue weighted by molar-refractivity contribution is 0.397. The van der Waals surface area contributed by atoms with Crippen molar-refractivity contribution in [2.45, 2.75) is 148 Å². The zero-order chi connectivity index (χ0) is 37.9. The second kappa shape index (κ2) is 16.8. The molecule has 0 fully saturated rings. The molecule has 0 aliphatic heterocycles. The molecule has 56 heavy (non-hydrogen) atoms. The van der Waals surface area contributed by atoms with Crippen LogP contribution in [0, 0.1) is 13.8 Å². The Morgan fingerprint density at radius 3 is 1.57 bits per heavy atom. The van der Waals surface area contributed by atoms with Crippen molar-refractivity contribution >= 4 is 22.8 Å². The van der Waals surface area contributed by atoms with Gasteiger partial charge in [-0.1, -0.05) is 149 Å². The number of rotatable bonds is 19. The van der Waals surface area contributed by atoms with Gasteiger partial charge in [-0.2, -0.15) is 8.75 Å². The molecule has 0 spiro atoms. The van der Waals surface area contributed by atoms with E-state index in [0.29, 0.717) is 0 Å². The lowest BCUT2D eigenvalue weighted by Crippen LogP contribution is -2.25. The van der Waals surface area contributed by atoms with E-state index in [1.54, 1.807) is 44.5 Å². The minimum absolute atomic E-state index is 0.0561. The summed E-state index contributed by atoms with van der Waals surface area (Å²) in [6.45, 7) is 4.44. The zero-order valence-corrected chi connectivity index (χ0v) is 34.8. The highest BCUT2D eigenvalue weighted by Gasteiger charge is 2.42. The molecule has 0 radical (unpaired) electrons. The van der Waals surface area contributed by atoms with Crippen LogP contribution in [0.5, 0.6) is 0 Å². The van der Waals surface area contributed by atoms with Gasteiger partial charge in [0.25, 0.3) is 0 Å². The van der Waals surface area contributed by atoms with Gasteiger partial charge in [-0.05, 0) is 151 Å². The van der Waals surface area contributed by atoms with Crippen molar-refractivity contribution < 1.29 is 0 Å². The Morgan fingerprint density at radius 2 is 0.982 bits per heavy atom. The first-order valence-electron chi connectivity index (χ1n) is 22.3. The number of hydrogen-bond donors (Lipinski definition) is 0. The maximum absolute atomic E-state index is 4.80. The van der Waals surface area contributed by atoms with Crippen molar-refractivity contribution in [1.29, 1.82) is 0 Å². The van der Waals surface area contributed by atoms with Crippen molar-refractivity contribution in [2.24, 2.45) is 0 Å². The molecule has 288 valence electrons. The second-order valence-corrected chi connectivity index (χ2v) is 18.3. The summed E-state index contributed by atoms with van der Waals surface area (Å²) in [6.07, 6.45) is 26.0. The molecule has 0 amide bonds. The number of aryl methyl sites for hydroxylation is 8. The lowest BCUT2D eigenvalue weighted by atomic mass is 9.70. The Balaban J connectivity index is 0.881. The van der Waals surface area contributed by atoms with E-state index in [-0.39, 0.29) is 5.41 Å². The van der Waals surface area contributed by atoms with E-state index in [0.717, 1.165) is 11.0 Å². The van der Waals surface area contributed by atoms with E-state index < -0.39 is 0 Å². The molecule has 0 saturated carbocycles. The fourth-order valence-corrected chi connectivity index (χ4v) is 11.0. The van der Waals surface area contributed by atoms with E-state index in [1.807, 2.05) is 0 Å². The highest BCUT2D eigenvalue weighted by Crippen LogP contribution is 2.55. The molecule has 0 atom stereocenters. The van der Waals surface area contributed by atoms with Crippen molar-refractivity contribution in [1.82, 2.24) is 8.75 Å². The molecule has 5 aromatic carbocycles. The first-order chi connectivity index (χ1) is 27.6. The van der Waals surface area contributed by atoms with Crippen LogP contribution < -0.4 is 0 Å². The summed E-state index contributed by atoms with van der Waals surface area (Å²) in [6, 6.07) is 33.7. The van der Waals surface area contributed by atoms with Gasteiger partial charge < -0.3 is 0 Å². The Labute approximate surface area is 340 Å². The third-order valence-electron chi connectivity index (χ3n) is 14.0. The lowest BCUT2D eigenvalue weighted by Gasteiger charge is -2.33. The Morgan fingerprint density at radius 1 is 0.464 bits per heavy atom. The van der Waals surface area contributed by atoms with Gasteiger partial charge >= 0.3 is 0 Å². The van der Waals surface area contributed by atoms with Gasteiger partial charge in [0, 0.05) is 11.0 Å². The van der Waals surface area contributed by atoms with E-state index in [9.17, 15) is 0 Å². The topological polar surface area (TPSA) is 25.8 Å². The molecule has 2 nitrogen and oxygen atoms in total. The minimum atomic E-state index is 0.0561. The van der Waals surface area contributed by atoms with Crippen LogP contribution in [0.15, 0.2) is 84.9 Å². The molecule has 3 heteroatoms. The molecule has 0 N–H and O–H groups in total. The average molecular weight is 757 g/mol. The number of unbranched alkanes of at least 4 members (excludes halogenated alkanes) is 10. The van der Waals surface area contributed by atoms with Crippen LogP contribution in [0.3, 0.4) is 0 Å². The van der Waals surface area contributed by atoms with Crippen molar-refractivity contribution in [3.05, 3.63) is 141 Å². The van der Waals surface area contributed by atoms with Gasteiger partial charge in [0.15, 0.2) is 0 Å². The summed E-state index contributed by atoms with van der Waals surface area (Å²) in [7, 11) is 0. The van der Waals surface area contributed by atoms with Crippen LogP contribution in [0.4, 0.5) is 0 Å². The van der Waals surface area contributed by atoms with E-state index in [4.69, 9.17) is 4.37 Å². The summed E-state index contributed by atoms with van der Waals surface area (Å²) in [5, 5.41) is 0. The molecule has 1 aromatic heterocycles. The van der Waals surface area contributed by atoms with Gasteiger partial charge in [-0.15, -0.1) is 0 Å². The number of benzene rings is 5. The van der Waals surface area contributed by atoms with Crippen LogP contribution in [-0.4, -0.2) is 8.75 Å². The summed E-state index contributed by atoms with van der Waals surface area (Å²) >= 11 is 1.34. The highest BCUT2D eigenvalue weighted by atomic mass is 32.1. The van der Waals surface area contributed by atoms with Gasteiger partial charge in [0.2, 0.25) is 0 Å². The van der Waals surface area contributed by atoms with E-state index in [1.165, 1.54) is 174 Å². The van der Waals surface area contributed by atoms with Crippen LogP contribution in [0.2, 0.25) is 0 Å². The van der Waals surface area contributed by atoms with Crippen LogP contribution in [0.25, 0.3) is 33.3 Å². The van der Waals surface area contributed by atoms with Crippen LogP contribution >= 0.6 is 11.7 Å². The van der Waals surface area contributed by atoms with Crippen LogP contribution in [0.1, 0.15) is 146 Å². The molecule has 9 rings (SSSR count). The Bertz CT molecular complexity index is 2260. The van der Waals surface area contributed by atoms with Gasteiger partial charge in [-0.3, -0.25) is 0 Å². The number of hydrogen-bond acceptors (Lipinski definition) is 3. The van der Waals surface area contributed by atoms with Crippen LogP contribution in [-0.2, 0) is 43.9 Å². The minimum Gasteiger partial charge on any atom is -0.173 e.